The van der Waals surface area contributed by atoms with Crippen LogP contribution in [0.5, 0.6) is 0 Å². The quantitative estimate of drug-likeness (QED) is 0.244. The largest absolute Gasteiger partial charge is 0.380 e. The van der Waals surface area contributed by atoms with Gasteiger partial charge in [-0.15, -0.1) is 0 Å². The van der Waals surface area contributed by atoms with Gasteiger partial charge in [0.2, 0.25) is 0 Å². The van der Waals surface area contributed by atoms with Crippen molar-refractivity contribution < 1.29 is 18.3 Å². The number of carbonyl (C=O) groups is 1. The highest BCUT2D eigenvalue weighted by Crippen LogP contribution is 2.36. The van der Waals surface area contributed by atoms with Crippen LogP contribution >= 0.6 is 0 Å². The van der Waals surface area contributed by atoms with Crippen molar-refractivity contribution in [3.8, 4) is 16.9 Å². The number of halogens is 2. The molecule has 0 spiro atoms. The summed E-state index contributed by atoms with van der Waals surface area (Å²) in [5, 5.41) is 9.19. The Balaban J connectivity index is 1.40. The van der Waals surface area contributed by atoms with E-state index in [0.717, 1.165) is 40.3 Å². The van der Waals surface area contributed by atoms with Crippen molar-refractivity contribution >= 4 is 5.78 Å². The van der Waals surface area contributed by atoms with E-state index < -0.39 is 11.6 Å². The van der Waals surface area contributed by atoms with E-state index in [9.17, 15) is 13.6 Å². The molecule has 3 heterocycles. The Hall–Kier alpha value is -3.69. The number of rotatable bonds is 11. The molecule has 1 aliphatic heterocycles. The van der Waals surface area contributed by atoms with Gasteiger partial charge in [-0.3, -0.25) is 9.48 Å². The number of hydrogen-bond acceptors (Lipinski definition) is 5. The predicted octanol–water partition coefficient (Wildman–Crippen LogP) is 5.11. The standard InChI is InChI=1S/C31H35F2N5O2/c1-4-40-13-12-37-19-23(27(20-37)22-10-11-28(32)29(33)15-22)14-26(39)16-30-21(2)31(24-17-34-36(3)18-24)35-38(30)25-8-6-5-7-9-25/h5-11,15,17-18,23,27H,4,12-14,16,19-20H2,1-3H3/t23-,27+/m1/s1. The van der Waals surface area contributed by atoms with Gasteiger partial charge in [0.25, 0.3) is 0 Å². The average molecular weight is 548 g/mol. The molecule has 4 aromatic rings. The molecule has 210 valence electrons. The Morgan fingerprint density at radius 2 is 1.90 bits per heavy atom. The number of aryl methyl sites for hydroxylation is 1. The number of carbonyl (C=O) groups excluding carboxylic acids is 1. The van der Waals surface area contributed by atoms with Crippen LogP contribution in [-0.4, -0.2) is 63.1 Å². The number of ketones is 1. The molecule has 2 aromatic carbocycles. The van der Waals surface area contributed by atoms with Gasteiger partial charge in [-0.1, -0.05) is 24.3 Å². The number of hydrogen-bond donors (Lipinski definition) is 0. The van der Waals surface area contributed by atoms with Crippen molar-refractivity contribution in [3.63, 3.8) is 0 Å². The van der Waals surface area contributed by atoms with E-state index in [-0.39, 0.29) is 24.0 Å². The number of benzene rings is 2. The molecule has 0 unspecified atom stereocenters. The Kier molecular flexibility index (Phi) is 8.52. The number of para-hydroxylation sites is 1. The van der Waals surface area contributed by atoms with Crippen molar-refractivity contribution in [2.75, 3.05) is 32.8 Å². The van der Waals surface area contributed by atoms with E-state index in [1.807, 2.05) is 62.1 Å². The van der Waals surface area contributed by atoms with Gasteiger partial charge < -0.3 is 9.64 Å². The second kappa shape index (κ2) is 12.2. The van der Waals surface area contributed by atoms with E-state index in [2.05, 4.69) is 10.00 Å². The molecule has 5 rings (SSSR count). The first-order valence-corrected chi connectivity index (χ1v) is 13.7. The maximum Gasteiger partial charge on any atom is 0.159 e. The summed E-state index contributed by atoms with van der Waals surface area (Å²) < 4.78 is 37.0. The third kappa shape index (κ3) is 6.05. The zero-order valence-electron chi connectivity index (χ0n) is 23.2. The van der Waals surface area contributed by atoms with Crippen LogP contribution in [0, 0.1) is 24.5 Å². The second-order valence-electron chi connectivity index (χ2n) is 10.5. The van der Waals surface area contributed by atoms with Gasteiger partial charge in [0.05, 0.1) is 29.9 Å². The van der Waals surface area contributed by atoms with Crippen molar-refractivity contribution in [3.05, 3.63) is 89.4 Å². The van der Waals surface area contributed by atoms with Gasteiger partial charge in [0, 0.05) is 63.8 Å². The first kappa shape index (κ1) is 27.9. The van der Waals surface area contributed by atoms with E-state index in [1.54, 1.807) is 16.9 Å². The molecule has 0 amide bonds. The molecule has 9 heteroatoms. The fraction of sp³-hybridized carbons (Fsp3) is 0.387. The van der Waals surface area contributed by atoms with Gasteiger partial charge in [-0.25, -0.2) is 13.5 Å². The molecule has 1 saturated heterocycles. The molecule has 1 fully saturated rings. The van der Waals surface area contributed by atoms with Crippen LogP contribution in [0.1, 0.15) is 36.1 Å². The SMILES string of the molecule is CCOCCN1C[C@@H](CC(=O)Cc2c(C)c(-c3cnn(C)c3)nn2-c2ccccc2)[C@H](c2ccc(F)c(F)c2)C1. The fourth-order valence-corrected chi connectivity index (χ4v) is 5.70. The minimum absolute atomic E-state index is 0.0230. The van der Waals surface area contributed by atoms with Crippen LogP contribution in [0.4, 0.5) is 8.78 Å². The Labute approximate surface area is 233 Å². The van der Waals surface area contributed by atoms with Gasteiger partial charge >= 0.3 is 0 Å². The summed E-state index contributed by atoms with van der Waals surface area (Å²) in [7, 11) is 1.86. The molecule has 0 aliphatic carbocycles. The van der Waals surface area contributed by atoms with Gasteiger partial charge in [0.1, 0.15) is 5.78 Å². The van der Waals surface area contributed by atoms with Crippen molar-refractivity contribution in [1.82, 2.24) is 24.5 Å². The summed E-state index contributed by atoms with van der Waals surface area (Å²) >= 11 is 0. The Morgan fingerprint density at radius 3 is 2.60 bits per heavy atom. The zero-order valence-corrected chi connectivity index (χ0v) is 23.2. The summed E-state index contributed by atoms with van der Waals surface area (Å²) in [6, 6.07) is 13.9. The van der Waals surface area contributed by atoms with Crippen molar-refractivity contribution in [2.24, 2.45) is 13.0 Å². The summed E-state index contributed by atoms with van der Waals surface area (Å²) in [5.41, 5.74) is 5.06. The molecule has 7 nitrogen and oxygen atoms in total. The molecule has 0 bridgehead atoms. The smallest absolute Gasteiger partial charge is 0.159 e. The highest BCUT2D eigenvalue weighted by Gasteiger charge is 2.35. The molecular formula is C31H35F2N5O2. The molecule has 0 N–H and O–H groups in total. The molecule has 2 atom stereocenters. The van der Waals surface area contributed by atoms with Crippen LogP contribution in [0.2, 0.25) is 0 Å². The lowest BCUT2D eigenvalue weighted by molar-refractivity contribution is -0.119. The molecule has 1 aliphatic rings. The maximum atomic E-state index is 14.2. The number of aromatic nitrogens is 4. The summed E-state index contributed by atoms with van der Waals surface area (Å²) in [6.45, 7) is 7.27. The summed E-state index contributed by atoms with van der Waals surface area (Å²) in [4.78, 5) is 15.9. The first-order valence-electron chi connectivity index (χ1n) is 13.7. The number of Topliss-reactive ketones (excluding diaryl/α,β-unsaturated/α-hetero) is 1. The number of likely N-dealkylation sites (tertiary alicyclic amines) is 1. The van der Waals surface area contributed by atoms with Crippen molar-refractivity contribution in [1.29, 1.82) is 0 Å². The fourth-order valence-electron chi connectivity index (χ4n) is 5.70. The van der Waals surface area contributed by atoms with Crippen LogP contribution in [0.15, 0.2) is 60.9 Å². The van der Waals surface area contributed by atoms with Gasteiger partial charge in [-0.2, -0.15) is 10.2 Å². The van der Waals surface area contributed by atoms with E-state index >= 15 is 0 Å². The minimum Gasteiger partial charge on any atom is -0.380 e. The van der Waals surface area contributed by atoms with Crippen LogP contribution in [0.25, 0.3) is 16.9 Å². The molecule has 40 heavy (non-hydrogen) atoms. The Morgan fingerprint density at radius 1 is 1.10 bits per heavy atom. The van der Waals surface area contributed by atoms with E-state index in [1.165, 1.54) is 12.1 Å². The second-order valence-corrected chi connectivity index (χ2v) is 10.5. The molecule has 0 saturated carbocycles. The van der Waals surface area contributed by atoms with Crippen LogP contribution in [-0.2, 0) is 23.0 Å². The third-order valence-corrected chi connectivity index (χ3v) is 7.72. The normalized spacial score (nSPS) is 17.5. The molecular weight excluding hydrogens is 512 g/mol. The van der Waals surface area contributed by atoms with E-state index in [0.29, 0.717) is 32.7 Å². The summed E-state index contributed by atoms with van der Waals surface area (Å²) in [5.74, 6) is -1.74. The van der Waals surface area contributed by atoms with Crippen LogP contribution < -0.4 is 0 Å². The van der Waals surface area contributed by atoms with E-state index in [4.69, 9.17) is 9.84 Å². The number of ether oxygens (including phenoxy) is 1. The highest BCUT2D eigenvalue weighted by molar-refractivity contribution is 5.82. The topological polar surface area (TPSA) is 65.2 Å². The first-order chi connectivity index (χ1) is 19.3. The Bertz CT molecular complexity index is 1470. The summed E-state index contributed by atoms with van der Waals surface area (Å²) in [6.07, 6.45) is 4.24. The van der Waals surface area contributed by atoms with Gasteiger partial charge in [-0.05, 0) is 55.2 Å². The maximum absolute atomic E-state index is 14.2. The third-order valence-electron chi connectivity index (χ3n) is 7.72. The van der Waals surface area contributed by atoms with Crippen molar-refractivity contribution in [2.45, 2.75) is 32.6 Å². The lowest BCUT2D eigenvalue weighted by atomic mass is 9.85. The molecule has 0 radical (unpaired) electrons. The average Bonchev–Trinajstić information content (AvgIpc) is 3.64. The van der Waals surface area contributed by atoms with Crippen LogP contribution in [0.3, 0.4) is 0 Å². The number of nitrogens with zero attached hydrogens (tertiary/aromatic N) is 5. The minimum atomic E-state index is -0.864. The van der Waals surface area contributed by atoms with Gasteiger partial charge in [0.15, 0.2) is 11.6 Å². The monoisotopic (exact) mass is 547 g/mol. The molecule has 2 aromatic heterocycles. The zero-order chi connectivity index (χ0) is 28.2. The predicted molar refractivity (Wildman–Crippen MR) is 149 cm³/mol. The highest BCUT2D eigenvalue weighted by atomic mass is 19.2. The lowest BCUT2D eigenvalue weighted by Gasteiger charge is -2.19. The lowest BCUT2D eigenvalue weighted by Crippen LogP contribution is -2.26.